The number of nitrogens with two attached hydrogens (primary N) is 1. The highest BCUT2D eigenvalue weighted by Crippen LogP contribution is 2.76. The van der Waals surface area contributed by atoms with Crippen LogP contribution in [0.2, 0.25) is 0 Å². The Hall–Kier alpha value is -0.300. The molecule has 5 nitrogen and oxygen atoms in total. The average Bonchev–Trinajstić information content (AvgIpc) is 3.26. The number of hydrogen-bond acceptors (Lipinski definition) is 6. The minimum absolute atomic E-state index is 0.0872. The summed E-state index contributed by atoms with van der Waals surface area (Å²) in [6, 6.07) is -0.539. The summed E-state index contributed by atoms with van der Waals surface area (Å²) in [4.78, 5) is 13.0. The number of ether oxygens (including phenoxy) is 2. The molecule has 3 N–H and O–H groups in total. The van der Waals surface area contributed by atoms with Gasteiger partial charge in [-0.2, -0.15) is 11.8 Å². The monoisotopic (exact) mass is 591 g/mol. The second kappa shape index (κ2) is 10.7. The van der Waals surface area contributed by atoms with Crippen molar-refractivity contribution < 1.29 is 19.4 Å². The van der Waals surface area contributed by atoms with Crippen molar-refractivity contribution in [2.75, 3.05) is 12.0 Å². The van der Waals surface area contributed by atoms with Crippen molar-refractivity contribution in [2.24, 2.45) is 51.1 Å². The van der Waals surface area contributed by atoms with Crippen molar-refractivity contribution in [2.45, 2.75) is 155 Å². The fourth-order valence-electron chi connectivity index (χ4n) is 12.1. The number of rotatable bonds is 6. The van der Waals surface area contributed by atoms with E-state index in [-0.39, 0.29) is 57.0 Å². The first kappa shape index (κ1) is 32.1. The van der Waals surface area contributed by atoms with Crippen molar-refractivity contribution in [1.82, 2.24) is 0 Å². The molecular weight excluding hydrogens is 530 g/mol. The van der Waals surface area contributed by atoms with E-state index in [2.05, 4.69) is 55.4 Å². The Balaban J connectivity index is 1.39. The maximum absolute atomic E-state index is 13.0. The maximum Gasteiger partial charge on any atom is 0.323 e. The number of aliphatic hydroxyl groups is 1. The second-order valence-corrected chi connectivity index (χ2v) is 18.1. The molecule has 0 spiro atoms. The molecule has 5 fully saturated rings. The maximum atomic E-state index is 13.0. The molecule has 1 saturated heterocycles. The molecule has 0 aromatic rings. The Morgan fingerprint density at radius 3 is 2.29 bits per heavy atom. The van der Waals surface area contributed by atoms with Crippen molar-refractivity contribution in [3.63, 3.8) is 0 Å². The van der Waals surface area contributed by atoms with E-state index in [9.17, 15) is 9.90 Å². The normalized spacial score (nSPS) is 49.3. The molecule has 1 aliphatic heterocycles. The summed E-state index contributed by atoms with van der Waals surface area (Å²) in [7, 11) is 0. The van der Waals surface area contributed by atoms with Crippen molar-refractivity contribution in [1.29, 1.82) is 0 Å². The zero-order valence-corrected chi connectivity index (χ0v) is 28.5. The summed E-state index contributed by atoms with van der Waals surface area (Å²) in [5.74, 6) is 2.25. The molecule has 0 bridgehead atoms. The molecule has 11 atom stereocenters. The average molecular weight is 592 g/mol. The van der Waals surface area contributed by atoms with Crippen LogP contribution in [0.3, 0.4) is 0 Å². The molecule has 6 heteroatoms. The number of hydrogen-bond donors (Lipinski definition) is 2. The van der Waals surface area contributed by atoms with E-state index < -0.39 is 6.04 Å². The van der Waals surface area contributed by atoms with Crippen LogP contribution in [-0.4, -0.2) is 52.5 Å². The Bertz CT molecular complexity index is 1000. The lowest BCUT2D eigenvalue weighted by molar-refractivity contribution is -0.259. The first-order valence-corrected chi connectivity index (χ1v) is 18.2. The van der Waals surface area contributed by atoms with E-state index >= 15 is 0 Å². The van der Waals surface area contributed by atoms with Gasteiger partial charge in [0.05, 0.1) is 17.3 Å². The smallest absolute Gasteiger partial charge is 0.323 e. The molecule has 41 heavy (non-hydrogen) atoms. The van der Waals surface area contributed by atoms with Gasteiger partial charge in [0.25, 0.3) is 0 Å². The molecular formula is C35H61NO4S. The van der Waals surface area contributed by atoms with Gasteiger partial charge in [-0.05, 0) is 143 Å². The summed E-state index contributed by atoms with van der Waals surface area (Å²) in [6.45, 7) is 19.2. The third-order valence-electron chi connectivity index (χ3n) is 14.3. The van der Waals surface area contributed by atoms with Gasteiger partial charge in [0.1, 0.15) is 12.1 Å². The van der Waals surface area contributed by atoms with Crippen LogP contribution in [0.5, 0.6) is 0 Å². The first-order valence-electron chi connectivity index (χ1n) is 16.8. The zero-order chi connectivity index (χ0) is 30.2. The predicted octanol–water partition coefficient (Wildman–Crippen LogP) is 7.37. The lowest BCUT2D eigenvalue weighted by atomic mass is 9.35. The molecule has 1 unspecified atom stereocenters. The standard InChI is InChI=1S/C35H61NO4S/c1-30(2)15-10-16-35(8,40-30)22-11-18-34(7)28(22)24(37)21-26-32(5)17-13-27(39-29(38)23(36)14-20-41-9)31(3,4)25(32)12-19-33(26,34)6/h22-28,37H,10-21,36H2,1-9H3/t22-,23?,24+,25-,26+,27-,28-,32-,33+,34+,35+/m0/s1. The fourth-order valence-corrected chi connectivity index (χ4v) is 12.6. The van der Waals surface area contributed by atoms with Gasteiger partial charge in [-0.3, -0.25) is 4.79 Å². The molecule has 0 radical (unpaired) electrons. The molecule has 4 saturated carbocycles. The van der Waals surface area contributed by atoms with Crippen LogP contribution < -0.4 is 5.73 Å². The van der Waals surface area contributed by atoms with Crippen LogP contribution >= 0.6 is 11.8 Å². The molecule has 1 heterocycles. The fraction of sp³-hybridized carbons (Fsp3) is 0.971. The molecule has 0 amide bonds. The van der Waals surface area contributed by atoms with E-state index in [1.165, 1.54) is 19.3 Å². The summed E-state index contributed by atoms with van der Waals surface area (Å²) < 4.78 is 13.1. The number of fused-ring (bicyclic) bond motifs is 5. The minimum atomic E-state index is -0.539. The van der Waals surface area contributed by atoms with Crippen LogP contribution in [0, 0.1) is 45.3 Å². The molecule has 5 rings (SSSR count). The first-order chi connectivity index (χ1) is 19.0. The molecule has 5 aliphatic rings. The largest absolute Gasteiger partial charge is 0.461 e. The van der Waals surface area contributed by atoms with Crippen molar-refractivity contribution in [3.05, 3.63) is 0 Å². The molecule has 4 aliphatic carbocycles. The predicted molar refractivity (Wildman–Crippen MR) is 169 cm³/mol. The van der Waals surface area contributed by atoms with Crippen LogP contribution in [0.25, 0.3) is 0 Å². The number of carbonyl (C=O) groups is 1. The third kappa shape index (κ3) is 4.96. The van der Waals surface area contributed by atoms with E-state index in [0.29, 0.717) is 24.2 Å². The Morgan fingerprint density at radius 1 is 0.951 bits per heavy atom. The van der Waals surface area contributed by atoms with Gasteiger partial charge in [0, 0.05) is 5.41 Å². The van der Waals surface area contributed by atoms with Crippen molar-refractivity contribution >= 4 is 17.7 Å². The van der Waals surface area contributed by atoms with Gasteiger partial charge in [0.15, 0.2) is 0 Å². The number of carbonyl (C=O) groups excluding carboxylic acids is 1. The lowest BCUT2D eigenvalue weighted by Gasteiger charge is -2.70. The SMILES string of the molecule is CSCCC(N)C(=O)O[C@H]1CC[C@]2(C)[C@H]3C[C@@H](O)[C@@H]4[C@@H]([C@@]5(C)CCCC(C)(C)O5)CC[C@@]4(C)[C@]3(C)CC[C@H]2C1(C)C. The summed E-state index contributed by atoms with van der Waals surface area (Å²) >= 11 is 1.72. The lowest BCUT2D eigenvalue weighted by Crippen LogP contribution is -2.67. The number of aliphatic hydroxyl groups excluding tert-OH is 1. The summed E-state index contributed by atoms with van der Waals surface area (Å²) in [6.07, 6.45) is 13.3. The van der Waals surface area contributed by atoms with E-state index in [0.717, 1.165) is 50.7 Å². The molecule has 236 valence electrons. The quantitative estimate of drug-likeness (QED) is 0.314. The van der Waals surface area contributed by atoms with Gasteiger partial charge in [-0.1, -0.05) is 34.6 Å². The van der Waals surface area contributed by atoms with Crippen LogP contribution in [0.4, 0.5) is 0 Å². The topological polar surface area (TPSA) is 81.8 Å². The molecule has 0 aromatic carbocycles. The number of thioether (sulfide) groups is 1. The Labute approximate surface area is 255 Å². The van der Waals surface area contributed by atoms with Gasteiger partial charge in [-0.25, -0.2) is 0 Å². The third-order valence-corrected chi connectivity index (χ3v) is 14.9. The number of esters is 1. The highest BCUT2D eigenvalue weighted by atomic mass is 32.2. The van der Waals surface area contributed by atoms with Gasteiger partial charge < -0.3 is 20.3 Å². The molecule has 0 aromatic heterocycles. The van der Waals surface area contributed by atoms with Crippen LogP contribution in [0.1, 0.15) is 126 Å². The Morgan fingerprint density at radius 2 is 1.63 bits per heavy atom. The van der Waals surface area contributed by atoms with Gasteiger partial charge in [0.2, 0.25) is 0 Å². The zero-order valence-electron chi connectivity index (χ0n) is 27.7. The van der Waals surface area contributed by atoms with Crippen LogP contribution in [-0.2, 0) is 14.3 Å². The summed E-state index contributed by atoms with van der Waals surface area (Å²) in [5, 5.41) is 12.1. The van der Waals surface area contributed by atoms with Gasteiger partial charge >= 0.3 is 5.97 Å². The van der Waals surface area contributed by atoms with E-state index in [1.807, 2.05) is 6.26 Å². The van der Waals surface area contributed by atoms with Crippen molar-refractivity contribution in [3.8, 4) is 0 Å². The van der Waals surface area contributed by atoms with E-state index in [1.54, 1.807) is 11.8 Å². The second-order valence-electron chi connectivity index (χ2n) is 17.2. The minimum Gasteiger partial charge on any atom is -0.461 e. The van der Waals surface area contributed by atoms with Crippen LogP contribution in [0.15, 0.2) is 0 Å². The highest BCUT2D eigenvalue weighted by Gasteiger charge is 2.72. The van der Waals surface area contributed by atoms with Gasteiger partial charge in [-0.15, -0.1) is 0 Å². The Kier molecular flexibility index (Phi) is 8.34. The summed E-state index contributed by atoms with van der Waals surface area (Å²) in [5.41, 5.74) is 6.23. The highest BCUT2D eigenvalue weighted by molar-refractivity contribution is 7.98. The van der Waals surface area contributed by atoms with E-state index in [4.69, 9.17) is 15.2 Å².